The minimum atomic E-state index is -0.214. The number of halogens is 1. The minimum absolute atomic E-state index is 0.0221. The predicted octanol–water partition coefficient (Wildman–Crippen LogP) is 3.51. The third-order valence-corrected chi connectivity index (χ3v) is 4.40. The van der Waals surface area contributed by atoms with Crippen molar-refractivity contribution in [2.45, 2.75) is 0 Å². The molecule has 21 heavy (non-hydrogen) atoms. The van der Waals surface area contributed by atoms with Gasteiger partial charge < -0.3 is 9.88 Å². The lowest BCUT2D eigenvalue weighted by Crippen LogP contribution is -2.11. The van der Waals surface area contributed by atoms with E-state index in [1.54, 1.807) is 48.0 Å². The van der Waals surface area contributed by atoms with E-state index in [0.29, 0.717) is 16.3 Å². The van der Waals surface area contributed by atoms with E-state index in [1.165, 1.54) is 0 Å². The van der Waals surface area contributed by atoms with Crippen molar-refractivity contribution in [3.8, 4) is 0 Å². The molecule has 6 heteroatoms. The van der Waals surface area contributed by atoms with Crippen LogP contribution in [0.2, 0.25) is 5.02 Å². The number of nitrogens with one attached hydrogen (secondary N) is 1. The average Bonchev–Trinajstić information content (AvgIpc) is 2.74. The van der Waals surface area contributed by atoms with E-state index in [1.807, 2.05) is 6.07 Å². The lowest BCUT2D eigenvalue weighted by atomic mass is 10.2. The van der Waals surface area contributed by atoms with Crippen molar-refractivity contribution in [2.24, 2.45) is 7.05 Å². The van der Waals surface area contributed by atoms with Gasteiger partial charge in [-0.05, 0) is 42.5 Å². The van der Waals surface area contributed by atoms with Gasteiger partial charge in [-0.3, -0.25) is 9.59 Å². The summed E-state index contributed by atoms with van der Waals surface area (Å²) in [6, 6.07) is 12.1. The van der Waals surface area contributed by atoms with E-state index in [2.05, 4.69) is 5.32 Å². The highest BCUT2D eigenvalue weighted by atomic mass is 35.5. The Bertz CT molecular complexity index is 881. The molecule has 0 aliphatic heterocycles. The van der Waals surface area contributed by atoms with Gasteiger partial charge in [0, 0.05) is 23.3 Å². The Balaban J connectivity index is 1.89. The van der Waals surface area contributed by atoms with Crippen LogP contribution in [0.3, 0.4) is 0 Å². The monoisotopic (exact) mass is 318 g/mol. The van der Waals surface area contributed by atoms with Crippen molar-refractivity contribution < 1.29 is 4.79 Å². The molecular weight excluding hydrogens is 308 g/mol. The number of carbonyl (C=O) groups excluding carboxylic acids is 1. The van der Waals surface area contributed by atoms with Gasteiger partial charge in [0.1, 0.15) is 0 Å². The van der Waals surface area contributed by atoms with E-state index >= 15 is 0 Å². The van der Waals surface area contributed by atoms with Gasteiger partial charge in [0.25, 0.3) is 5.91 Å². The number of benzene rings is 2. The van der Waals surface area contributed by atoms with Gasteiger partial charge in [0.15, 0.2) is 0 Å². The number of amides is 1. The van der Waals surface area contributed by atoms with Crippen molar-refractivity contribution in [3.05, 3.63) is 62.7 Å². The first-order valence-corrected chi connectivity index (χ1v) is 7.40. The molecule has 0 fully saturated rings. The molecule has 0 unspecified atom stereocenters. The van der Waals surface area contributed by atoms with Crippen molar-refractivity contribution in [1.29, 1.82) is 0 Å². The predicted molar refractivity (Wildman–Crippen MR) is 86.5 cm³/mol. The highest BCUT2D eigenvalue weighted by molar-refractivity contribution is 7.16. The second kappa shape index (κ2) is 5.35. The van der Waals surface area contributed by atoms with Crippen LogP contribution < -0.4 is 10.2 Å². The molecule has 1 N–H and O–H groups in total. The standard InChI is InChI=1S/C15H11ClN2O2S/c1-18-12-7-6-11(8-13(12)21-15(18)20)17-14(19)9-2-4-10(16)5-3-9/h2-8H,1H3,(H,17,19). The molecule has 4 nitrogen and oxygen atoms in total. The lowest BCUT2D eigenvalue weighted by Gasteiger charge is -2.05. The molecule has 0 aliphatic rings. The summed E-state index contributed by atoms with van der Waals surface area (Å²) in [5.74, 6) is -0.214. The highest BCUT2D eigenvalue weighted by Gasteiger charge is 2.08. The molecule has 0 saturated heterocycles. The average molecular weight is 319 g/mol. The van der Waals surface area contributed by atoms with E-state index < -0.39 is 0 Å². The van der Waals surface area contributed by atoms with Gasteiger partial charge in [0.05, 0.1) is 10.2 Å². The Labute approximate surface area is 129 Å². The quantitative estimate of drug-likeness (QED) is 0.786. The van der Waals surface area contributed by atoms with Gasteiger partial charge in [-0.1, -0.05) is 22.9 Å². The van der Waals surface area contributed by atoms with Crippen LogP contribution in [0.5, 0.6) is 0 Å². The second-order valence-electron chi connectivity index (χ2n) is 4.57. The summed E-state index contributed by atoms with van der Waals surface area (Å²) < 4.78 is 2.43. The van der Waals surface area contributed by atoms with E-state index in [9.17, 15) is 9.59 Å². The first kappa shape index (κ1) is 13.9. The summed E-state index contributed by atoms with van der Waals surface area (Å²) in [5, 5.41) is 3.40. The number of hydrogen-bond donors (Lipinski definition) is 1. The van der Waals surface area contributed by atoms with Gasteiger partial charge in [-0.25, -0.2) is 0 Å². The molecular formula is C15H11ClN2O2S. The van der Waals surface area contributed by atoms with Crippen LogP contribution in [0.1, 0.15) is 10.4 Å². The fourth-order valence-electron chi connectivity index (χ4n) is 2.02. The number of thiazole rings is 1. The van der Waals surface area contributed by atoms with E-state index in [-0.39, 0.29) is 10.8 Å². The fraction of sp³-hybridized carbons (Fsp3) is 0.0667. The number of rotatable bonds is 2. The van der Waals surface area contributed by atoms with Crippen LogP contribution in [0.15, 0.2) is 47.3 Å². The first-order valence-electron chi connectivity index (χ1n) is 6.21. The number of fused-ring (bicyclic) bond motifs is 1. The maximum atomic E-state index is 12.1. The van der Waals surface area contributed by atoms with Gasteiger partial charge >= 0.3 is 4.87 Å². The second-order valence-corrected chi connectivity index (χ2v) is 6.00. The molecule has 3 aromatic rings. The normalized spacial score (nSPS) is 10.8. The SMILES string of the molecule is Cn1c(=O)sc2cc(NC(=O)c3ccc(Cl)cc3)ccc21. The third kappa shape index (κ3) is 2.70. The maximum Gasteiger partial charge on any atom is 0.307 e. The number of hydrogen-bond acceptors (Lipinski definition) is 3. The Morgan fingerprint density at radius 1 is 1.19 bits per heavy atom. The molecule has 2 aromatic carbocycles. The summed E-state index contributed by atoms with van der Waals surface area (Å²) in [6.45, 7) is 0. The first-order chi connectivity index (χ1) is 10.0. The summed E-state index contributed by atoms with van der Waals surface area (Å²) >= 11 is 6.95. The third-order valence-electron chi connectivity index (χ3n) is 3.16. The zero-order valence-corrected chi connectivity index (χ0v) is 12.7. The van der Waals surface area contributed by atoms with Crippen LogP contribution in [0.25, 0.3) is 10.2 Å². The van der Waals surface area contributed by atoms with Crippen LogP contribution in [0.4, 0.5) is 5.69 Å². The summed E-state index contributed by atoms with van der Waals surface area (Å²) in [4.78, 5) is 23.7. The van der Waals surface area contributed by atoms with E-state index in [0.717, 1.165) is 21.6 Å². The topological polar surface area (TPSA) is 51.1 Å². The van der Waals surface area contributed by atoms with Crippen LogP contribution in [-0.4, -0.2) is 10.5 Å². The number of aromatic nitrogens is 1. The Kier molecular flexibility index (Phi) is 3.53. The molecule has 0 radical (unpaired) electrons. The van der Waals surface area contributed by atoms with Crippen molar-refractivity contribution >= 4 is 44.7 Å². The number of aryl methyl sites for hydroxylation is 1. The molecule has 0 saturated carbocycles. The summed E-state index contributed by atoms with van der Waals surface area (Å²) in [5.41, 5.74) is 2.04. The molecule has 0 aliphatic carbocycles. The largest absolute Gasteiger partial charge is 0.322 e. The molecule has 3 rings (SSSR count). The fourth-order valence-corrected chi connectivity index (χ4v) is 3.06. The Morgan fingerprint density at radius 2 is 1.90 bits per heavy atom. The zero-order valence-electron chi connectivity index (χ0n) is 11.1. The smallest absolute Gasteiger partial charge is 0.307 e. The Hall–Kier alpha value is -2.11. The number of anilines is 1. The number of carbonyl (C=O) groups is 1. The molecule has 106 valence electrons. The van der Waals surface area contributed by atoms with Crippen LogP contribution in [-0.2, 0) is 7.05 Å². The van der Waals surface area contributed by atoms with Gasteiger partial charge in [-0.2, -0.15) is 0 Å². The molecule has 1 amide bonds. The molecule has 0 spiro atoms. The van der Waals surface area contributed by atoms with Crippen molar-refractivity contribution in [1.82, 2.24) is 4.57 Å². The van der Waals surface area contributed by atoms with Crippen LogP contribution >= 0.6 is 22.9 Å². The highest BCUT2D eigenvalue weighted by Crippen LogP contribution is 2.21. The molecule has 0 bridgehead atoms. The molecule has 0 atom stereocenters. The van der Waals surface area contributed by atoms with Crippen LogP contribution in [0, 0.1) is 0 Å². The Morgan fingerprint density at radius 3 is 2.62 bits per heavy atom. The van der Waals surface area contributed by atoms with E-state index in [4.69, 9.17) is 11.6 Å². The van der Waals surface area contributed by atoms with Gasteiger partial charge in [-0.15, -0.1) is 0 Å². The van der Waals surface area contributed by atoms with Crippen molar-refractivity contribution in [3.63, 3.8) is 0 Å². The number of nitrogens with zero attached hydrogens (tertiary/aromatic N) is 1. The van der Waals surface area contributed by atoms with Gasteiger partial charge in [0.2, 0.25) is 0 Å². The minimum Gasteiger partial charge on any atom is -0.322 e. The summed E-state index contributed by atoms with van der Waals surface area (Å²) in [6.07, 6.45) is 0. The zero-order chi connectivity index (χ0) is 15.0. The molecule has 1 aromatic heterocycles. The maximum absolute atomic E-state index is 12.1. The lowest BCUT2D eigenvalue weighted by molar-refractivity contribution is 0.102. The summed E-state index contributed by atoms with van der Waals surface area (Å²) in [7, 11) is 1.73. The molecule has 1 heterocycles. The van der Waals surface area contributed by atoms with Crippen molar-refractivity contribution in [2.75, 3.05) is 5.32 Å².